The zero-order chi connectivity index (χ0) is 14.3. The first-order valence-electron chi connectivity index (χ1n) is 6.49. The predicted molar refractivity (Wildman–Crippen MR) is 91.4 cm³/mol. The second kappa shape index (κ2) is 9.73. The highest BCUT2D eigenvalue weighted by molar-refractivity contribution is 14.0. The van der Waals surface area contributed by atoms with Crippen LogP contribution < -0.4 is 11.1 Å². The van der Waals surface area contributed by atoms with Crippen LogP contribution in [0.5, 0.6) is 0 Å². The number of aliphatic imine (C=N–C) groups is 1. The van der Waals surface area contributed by atoms with Gasteiger partial charge in [-0.3, -0.25) is 0 Å². The predicted octanol–water partition coefficient (Wildman–Crippen LogP) is 2.22. The molecule has 0 atom stereocenters. The highest BCUT2D eigenvalue weighted by Gasteiger charge is 2.08. The molecule has 7 heteroatoms. The first kappa shape index (κ1) is 18.9. The zero-order valence-electron chi connectivity index (χ0n) is 12.3. The van der Waals surface area contributed by atoms with Gasteiger partial charge in [0.1, 0.15) is 0 Å². The van der Waals surface area contributed by atoms with Gasteiger partial charge in [0, 0.05) is 18.9 Å². The number of aromatic nitrogens is 2. The van der Waals surface area contributed by atoms with Crippen LogP contribution in [0, 0.1) is 0 Å². The molecule has 0 aliphatic carbocycles. The maximum Gasteiger partial charge on any atom is 0.226 e. The number of nitrogens with one attached hydrogen (secondary N) is 1. The average molecular weight is 393 g/mol. The molecule has 0 aliphatic heterocycles. The van der Waals surface area contributed by atoms with E-state index in [0.29, 0.717) is 24.3 Å². The highest BCUT2D eigenvalue weighted by Crippen LogP contribution is 2.10. The lowest BCUT2D eigenvalue weighted by Gasteiger charge is -2.04. The molecule has 0 saturated carbocycles. The van der Waals surface area contributed by atoms with E-state index in [1.807, 2.05) is 20.8 Å². The summed E-state index contributed by atoms with van der Waals surface area (Å²) in [6.07, 6.45) is 1.60. The van der Waals surface area contributed by atoms with Crippen molar-refractivity contribution >= 4 is 29.9 Å². The van der Waals surface area contributed by atoms with Crippen molar-refractivity contribution in [1.29, 1.82) is 0 Å². The first-order chi connectivity index (χ1) is 8.99. The number of rotatable bonds is 7. The number of nitrogens with zero attached hydrogens (tertiary/aromatic N) is 3. The van der Waals surface area contributed by atoms with Crippen LogP contribution in [0.4, 0.5) is 0 Å². The van der Waals surface area contributed by atoms with Crippen molar-refractivity contribution in [3.05, 3.63) is 23.9 Å². The summed E-state index contributed by atoms with van der Waals surface area (Å²) in [5.74, 6) is 2.16. The van der Waals surface area contributed by atoms with Gasteiger partial charge in [0.05, 0.1) is 6.54 Å². The van der Waals surface area contributed by atoms with Gasteiger partial charge in [0.2, 0.25) is 5.89 Å². The molecule has 0 aliphatic rings. The minimum atomic E-state index is 0. The Labute approximate surface area is 137 Å². The fourth-order valence-corrected chi connectivity index (χ4v) is 1.34. The summed E-state index contributed by atoms with van der Waals surface area (Å²) in [6.45, 7) is 11.0. The summed E-state index contributed by atoms with van der Waals surface area (Å²) in [5, 5.41) is 6.95. The molecule has 0 saturated heterocycles. The molecule has 0 unspecified atom stereocenters. The molecule has 1 heterocycles. The van der Waals surface area contributed by atoms with Gasteiger partial charge in [0.15, 0.2) is 11.8 Å². The van der Waals surface area contributed by atoms with Crippen LogP contribution in [0.3, 0.4) is 0 Å². The summed E-state index contributed by atoms with van der Waals surface area (Å²) >= 11 is 0. The van der Waals surface area contributed by atoms with E-state index in [1.165, 1.54) is 0 Å². The smallest absolute Gasteiger partial charge is 0.226 e. The lowest BCUT2D eigenvalue weighted by atomic mass is 10.2. The van der Waals surface area contributed by atoms with Crippen LogP contribution in [0.15, 0.2) is 21.7 Å². The van der Waals surface area contributed by atoms with Crippen molar-refractivity contribution in [2.24, 2.45) is 10.7 Å². The minimum Gasteiger partial charge on any atom is -0.370 e. The third-order valence-corrected chi connectivity index (χ3v) is 2.39. The molecular weight excluding hydrogens is 369 g/mol. The van der Waals surface area contributed by atoms with Crippen LogP contribution in [0.25, 0.3) is 0 Å². The van der Waals surface area contributed by atoms with Crippen LogP contribution in [0.2, 0.25) is 0 Å². The lowest BCUT2D eigenvalue weighted by molar-refractivity contribution is 0.368. The molecule has 0 fully saturated rings. The van der Waals surface area contributed by atoms with Crippen molar-refractivity contribution in [1.82, 2.24) is 15.5 Å². The van der Waals surface area contributed by atoms with Gasteiger partial charge in [-0.25, -0.2) is 4.99 Å². The van der Waals surface area contributed by atoms with Crippen LogP contribution in [0.1, 0.15) is 44.8 Å². The van der Waals surface area contributed by atoms with Crippen LogP contribution >= 0.6 is 24.0 Å². The number of guanidine groups is 1. The third kappa shape index (κ3) is 7.46. The standard InChI is InChI=1S/C13H23N5O.HI/c1-9(2)8-16-13(14)15-7-5-6-11-17-12(10(3)4)18-19-11;/h10H,1,5-8H2,2-4H3,(H3,14,15,16);1H. The van der Waals surface area contributed by atoms with Gasteiger partial charge in [0.25, 0.3) is 0 Å². The summed E-state index contributed by atoms with van der Waals surface area (Å²) < 4.78 is 5.15. The fourth-order valence-electron chi connectivity index (χ4n) is 1.34. The number of halogens is 1. The normalized spacial score (nSPS) is 11.3. The number of nitrogens with two attached hydrogens (primary N) is 1. The van der Waals surface area contributed by atoms with Crippen molar-refractivity contribution in [3.8, 4) is 0 Å². The van der Waals surface area contributed by atoms with Crippen molar-refractivity contribution in [2.75, 3.05) is 13.1 Å². The number of hydrogen-bond acceptors (Lipinski definition) is 4. The Morgan fingerprint density at radius 3 is 2.75 bits per heavy atom. The molecule has 114 valence electrons. The van der Waals surface area contributed by atoms with Crippen molar-refractivity contribution in [2.45, 2.75) is 39.5 Å². The molecule has 6 nitrogen and oxygen atoms in total. The topological polar surface area (TPSA) is 89.3 Å². The first-order valence-corrected chi connectivity index (χ1v) is 6.49. The summed E-state index contributed by atoms with van der Waals surface area (Å²) in [4.78, 5) is 8.44. The Morgan fingerprint density at radius 2 is 2.20 bits per heavy atom. The zero-order valence-corrected chi connectivity index (χ0v) is 14.7. The van der Waals surface area contributed by atoms with Crippen molar-refractivity contribution in [3.63, 3.8) is 0 Å². The second-order valence-electron chi connectivity index (χ2n) is 4.89. The van der Waals surface area contributed by atoms with E-state index in [2.05, 4.69) is 27.0 Å². The van der Waals surface area contributed by atoms with E-state index in [1.54, 1.807) is 0 Å². The third-order valence-electron chi connectivity index (χ3n) is 2.39. The van der Waals surface area contributed by atoms with Gasteiger partial charge in [-0.15, -0.1) is 24.0 Å². The fraction of sp³-hybridized carbons (Fsp3) is 0.615. The van der Waals surface area contributed by atoms with E-state index in [0.717, 1.165) is 30.8 Å². The van der Waals surface area contributed by atoms with Gasteiger partial charge >= 0.3 is 0 Å². The molecule has 1 aromatic rings. The Kier molecular flexibility index (Phi) is 9.19. The molecular formula is C13H24IN5O. The SMILES string of the molecule is C=C(C)CN=C(N)NCCCc1nc(C(C)C)no1.I. The largest absolute Gasteiger partial charge is 0.370 e. The summed E-state index contributed by atoms with van der Waals surface area (Å²) in [7, 11) is 0. The van der Waals surface area contributed by atoms with Gasteiger partial charge in [-0.2, -0.15) is 4.98 Å². The van der Waals surface area contributed by atoms with E-state index < -0.39 is 0 Å². The average Bonchev–Trinajstić information content (AvgIpc) is 2.81. The van der Waals surface area contributed by atoms with E-state index in [9.17, 15) is 0 Å². The molecule has 20 heavy (non-hydrogen) atoms. The van der Waals surface area contributed by atoms with E-state index >= 15 is 0 Å². The molecule has 1 rings (SSSR count). The summed E-state index contributed by atoms with van der Waals surface area (Å²) in [5.41, 5.74) is 6.67. The molecule has 0 bridgehead atoms. The molecule has 0 aromatic carbocycles. The maximum atomic E-state index is 5.69. The van der Waals surface area contributed by atoms with Crippen LogP contribution in [-0.4, -0.2) is 29.2 Å². The molecule has 1 aromatic heterocycles. The van der Waals surface area contributed by atoms with E-state index in [-0.39, 0.29) is 24.0 Å². The number of aryl methyl sites for hydroxylation is 1. The van der Waals surface area contributed by atoms with Crippen molar-refractivity contribution < 1.29 is 4.52 Å². The quantitative estimate of drug-likeness (QED) is 0.244. The highest BCUT2D eigenvalue weighted by atomic mass is 127. The number of hydrogen-bond donors (Lipinski definition) is 2. The van der Waals surface area contributed by atoms with Gasteiger partial charge in [-0.1, -0.05) is 31.2 Å². The Balaban J connectivity index is 0.00000361. The minimum absolute atomic E-state index is 0. The van der Waals surface area contributed by atoms with Gasteiger partial charge in [-0.05, 0) is 13.3 Å². The Hall–Kier alpha value is -1.12. The van der Waals surface area contributed by atoms with Crippen LogP contribution in [-0.2, 0) is 6.42 Å². The van der Waals surface area contributed by atoms with Gasteiger partial charge < -0.3 is 15.6 Å². The second-order valence-corrected chi connectivity index (χ2v) is 4.89. The Morgan fingerprint density at radius 1 is 1.50 bits per heavy atom. The molecule has 0 radical (unpaired) electrons. The van der Waals surface area contributed by atoms with E-state index in [4.69, 9.17) is 10.3 Å². The summed E-state index contributed by atoms with van der Waals surface area (Å²) in [6, 6.07) is 0. The molecule has 3 N–H and O–H groups in total. The molecule has 0 spiro atoms. The maximum absolute atomic E-state index is 5.69. The molecule has 0 amide bonds. The monoisotopic (exact) mass is 393 g/mol. The Bertz CT molecular complexity index is 442. The lowest BCUT2D eigenvalue weighted by Crippen LogP contribution is -2.32.